The second kappa shape index (κ2) is 6.38. The predicted molar refractivity (Wildman–Crippen MR) is 72.6 cm³/mol. The van der Waals surface area contributed by atoms with Gasteiger partial charge in [-0.3, -0.25) is 10.1 Å². The van der Waals surface area contributed by atoms with Crippen molar-refractivity contribution in [1.82, 2.24) is 0 Å². The molecule has 1 aromatic carbocycles. The SMILES string of the molecule is COc1cc([C@@H](N)CC(C)C)c([N+](=O)[O-])cc1OC. The van der Waals surface area contributed by atoms with Gasteiger partial charge in [-0.2, -0.15) is 0 Å². The van der Waals surface area contributed by atoms with E-state index in [9.17, 15) is 10.1 Å². The van der Waals surface area contributed by atoms with Crippen LogP contribution >= 0.6 is 0 Å². The summed E-state index contributed by atoms with van der Waals surface area (Å²) < 4.78 is 10.2. The molecule has 0 saturated heterocycles. The van der Waals surface area contributed by atoms with Crippen molar-refractivity contribution in [1.29, 1.82) is 0 Å². The third-order valence-corrected chi connectivity index (χ3v) is 2.85. The minimum Gasteiger partial charge on any atom is -0.493 e. The van der Waals surface area contributed by atoms with Gasteiger partial charge in [0.25, 0.3) is 5.69 Å². The van der Waals surface area contributed by atoms with Crippen LogP contribution in [-0.2, 0) is 0 Å². The fourth-order valence-corrected chi connectivity index (χ4v) is 1.97. The molecular weight excluding hydrogens is 248 g/mol. The largest absolute Gasteiger partial charge is 0.493 e. The average molecular weight is 268 g/mol. The van der Waals surface area contributed by atoms with Gasteiger partial charge < -0.3 is 15.2 Å². The molecule has 0 heterocycles. The molecule has 0 aromatic heterocycles. The van der Waals surface area contributed by atoms with Crippen LogP contribution in [0.15, 0.2) is 12.1 Å². The summed E-state index contributed by atoms with van der Waals surface area (Å²) in [5.74, 6) is 1.12. The van der Waals surface area contributed by atoms with E-state index in [0.29, 0.717) is 29.4 Å². The van der Waals surface area contributed by atoms with E-state index in [1.807, 2.05) is 13.8 Å². The van der Waals surface area contributed by atoms with Crippen LogP contribution in [0.1, 0.15) is 31.9 Å². The molecule has 0 fully saturated rings. The van der Waals surface area contributed by atoms with E-state index in [2.05, 4.69) is 0 Å². The van der Waals surface area contributed by atoms with Crippen LogP contribution in [0.25, 0.3) is 0 Å². The molecule has 1 atom stereocenters. The van der Waals surface area contributed by atoms with Crippen molar-refractivity contribution in [3.63, 3.8) is 0 Å². The van der Waals surface area contributed by atoms with Crippen molar-refractivity contribution in [2.75, 3.05) is 14.2 Å². The smallest absolute Gasteiger partial charge is 0.278 e. The lowest BCUT2D eigenvalue weighted by atomic mass is 9.96. The fraction of sp³-hybridized carbons (Fsp3) is 0.538. The highest BCUT2D eigenvalue weighted by atomic mass is 16.6. The van der Waals surface area contributed by atoms with Gasteiger partial charge in [0.2, 0.25) is 0 Å². The lowest BCUT2D eigenvalue weighted by molar-refractivity contribution is -0.385. The summed E-state index contributed by atoms with van der Waals surface area (Å²) in [5.41, 5.74) is 6.48. The van der Waals surface area contributed by atoms with Crippen molar-refractivity contribution in [2.45, 2.75) is 26.3 Å². The van der Waals surface area contributed by atoms with E-state index < -0.39 is 11.0 Å². The van der Waals surface area contributed by atoms with Crippen LogP contribution < -0.4 is 15.2 Å². The van der Waals surface area contributed by atoms with Crippen molar-refractivity contribution in [2.24, 2.45) is 11.7 Å². The zero-order valence-electron chi connectivity index (χ0n) is 11.7. The summed E-state index contributed by atoms with van der Waals surface area (Å²) >= 11 is 0. The second-order valence-electron chi connectivity index (χ2n) is 4.76. The Bertz CT molecular complexity index is 460. The van der Waals surface area contributed by atoms with Gasteiger partial charge in [-0.1, -0.05) is 13.8 Å². The molecule has 1 rings (SSSR count). The van der Waals surface area contributed by atoms with Crippen LogP contribution in [0.4, 0.5) is 5.69 Å². The molecule has 0 aliphatic carbocycles. The van der Waals surface area contributed by atoms with Crippen LogP contribution in [-0.4, -0.2) is 19.1 Å². The van der Waals surface area contributed by atoms with Gasteiger partial charge in [-0.25, -0.2) is 0 Å². The van der Waals surface area contributed by atoms with Gasteiger partial charge in [-0.15, -0.1) is 0 Å². The van der Waals surface area contributed by atoms with E-state index >= 15 is 0 Å². The number of hydrogen-bond acceptors (Lipinski definition) is 5. The number of nitro groups is 1. The highest BCUT2D eigenvalue weighted by molar-refractivity contribution is 5.55. The highest BCUT2D eigenvalue weighted by Gasteiger charge is 2.24. The molecule has 0 aliphatic heterocycles. The first-order valence-corrected chi connectivity index (χ1v) is 6.06. The maximum Gasteiger partial charge on any atom is 0.278 e. The summed E-state index contributed by atoms with van der Waals surface area (Å²) in [4.78, 5) is 10.7. The Morgan fingerprint density at radius 2 is 1.79 bits per heavy atom. The number of nitrogens with zero attached hydrogens (tertiary/aromatic N) is 1. The topological polar surface area (TPSA) is 87.6 Å². The number of rotatable bonds is 6. The van der Waals surface area contributed by atoms with E-state index in [1.165, 1.54) is 20.3 Å². The van der Waals surface area contributed by atoms with E-state index in [1.54, 1.807) is 6.07 Å². The summed E-state index contributed by atoms with van der Waals surface area (Å²) in [5, 5.41) is 11.1. The highest BCUT2D eigenvalue weighted by Crippen LogP contribution is 2.38. The Morgan fingerprint density at radius 3 is 2.21 bits per heavy atom. The Morgan fingerprint density at radius 1 is 1.26 bits per heavy atom. The minimum absolute atomic E-state index is 0.0363. The molecule has 19 heavy (non-hydrogen) atoms. The Labute approximate surface area is 112 Å². The zero-order valence-corrected chi connectivity index (χ0v) is 11.7. The van der Waals surface area contributed by atoms with Gasteiger partial charge in [0.1, 0.15) is 0 Å². The molecule has 0 amide bonds. The standard InChI is InChI=1S/C13H20N2O4/c1-8(2)5-10(14)9-6-12(18-3)13(19-4)7-11(9)15(16)17/h6-8,10H,5,14H2,1-4H3/t10-/m0/s1. The number of methoxy groups -OCH3 is 2. The fourth-order valence-electron chi connectivity index (χ4n) is 1.97. The first-order chi connectivity index (χ1) is 8.90. The number of nitro benzene ring substituents is 1. The molecule has 2 N–H and O–H groups in total. The molecule has 0 bridgehead atoms. The predicted octanol–water partition coefficient (Wildman–Crippen LogP) is 2.66. The number of nitrogens with two attached hydrogens (primary N) is 1. The number of hydrogen-bond donors (Lipinski definition) is 1. The first kappa shape index (κ1) is 15.2. The van der Waals surface area contributed by atoms with Gasteiger partial charge in [0, 0.05) is 6.04 Å². The van der Waals surface area contributed by atoms with Crippen LogP contribution in [0.2, 0.25) is 0 Å². The quantitative estimate of drug-likeness (QED) is 0.633. The van der Waals surface area contributed by atoms with Gasteiger partial charge >= 0.3 is 0 Å². The molecule has 0 saturated carbocycles. The molecule has 6 nitrogen and oxygen atoms in total. The molecule has 0 aliphatic rings. The zero-order chi connectivity index (χ0) is 14.6. The lowest BCUT2D eigenvalue weighted by Crippen LogP contribution is -2.15. The van der Waals surface area contributed by atoms with Crippen molar-refractivity contribution in [3.8, 4) is 11.5 Å². The Hall–Kier alpha value is -1.82. The van der Waals surface area contributed by atoms with Crippen LogP contribution in [0.3, 0.4) is 0 Å². The molecule has 6 heteroatoms. The van der Waals surface area contributed by atoms with Gasteiger partial charge in [0.15, 0.2) is 11.5 Å². The Kier molecular flexibility index (Phi) is 5.11. The molecule has 1 aromatic rings. The third-order valence-electron chi connectivity index (χ3n) is 2.85. The average Bonchev–Trinajstić information content (AvgIpc) is 2.35. The van der Waals surface area contributed by atoms with E-state index in [-0.39, 0.29) is 5.69 Å². The Balaban J connectivity index is 3.30. The maximum absolute atomic E-state index is 11.1. The molecule has 0 spiro atoms. The van der Waals surface area contributed by atoms with Crippen molar-refractivity contribution < 1.29 is 14.4 Å². The summed E-state index contributed by atoms with van der Waals surface area (Å²) in [6.45, 7) is 4.04. The minimum atomic E-state index is -0.447. The van der Waals surface area contributed by atoms with Gasteiger partial charge in [0.05, 0.1) is 30.8 Å². The van der Waals surface area contributed by atoms with Crippen LogP contribution in [0.5, 0.6) is 11.5 Å². The summed E-state index contributed by atoms with van der Waals surface area (Å²) in [6, 6.07) is 2.54. The summed E-state index contributed by atoms with van der Waals surface area (Å²) in [6.07, 6.45) is 0.663. The van der Waals surface area contributed by atoms with E-state index in [0.717, 1.165) is 0 Å². The first-order valence-electron chi connectivity index (χ1n) is 6.06. The molecule has 0 radical (unpaired) electrons. The number of ether oxygens (including phenoxy) is 2. The molecule has 106 valence electrons. The van der Waals surface area contributed by atoms with Crippen molar-refractivity contribution >= 4 is 5.69 Å². The second-order valence-corrected chi connectivity index (χ2v) is 4.76. The normalized spacial score (nSPS) is 12.3. The molecule has 0 unspecified atom stereocenters. The van der Waals surface area contributed by atoms with Crippen LogP contribution in [0, 0.1) is 16.0 Å². The summed E-state index contributed by atoms with van der Waals surface area (Å²) in [7, 11) is 2.93. The third kappa shape index (κ3) is 3.57. The van der Waals surface area contributed by atoms with Crippen molar-refractivity contribution in [3.05, 3.63) is 27.8 Å². The monoisotopic (exact) mass is 268 g/mol. The maximum atomic E-state index is 11.1. The van der Waals surface area contributed by atoms with E-state index in [4.69, 9.17) is 15.2 Å². The van der Waals surface area contributed by atoms with Gasteiger partial charge in [-0.05, 0) is 18.4 Å². The number of benzene rings is 1. The molecular formula is C13H20N2O4. The lowest BCUT2D eigenvalue weighted by Gasteiger charge is -2.17.